The van der Waals surface area contributed by atoms with Crippen LogP contribution in [-0.2, 0) is 6.61 Å². The summed E-state index contributed by atoms with van der Waals surface area (Å²) in [6.07, 6.45) is 0. The average molecular weight is 413 g/mol. The summed E-state index contributed by atoms with van der Waals surface area (Å²) < 4.78 is 11.8. The Morgan fingerprint density at radius 1 is 0.893 bits per heavy atom. The lowest BCUT2D eigenvalue weighted by atomic mass is 10.2. The molecular weight excluding hydrogens is 395 g/mol. The first-order valence-electron chi connectivity index (χ1n) is 8.92. The topological polar surface area (TPSA) is 47.1 Å². The Hall–Kier alpha value is -2.69. The van der Waals surface area contributed by atoms with Crippen molar-refractivity contribution in [2.45, 2.75) is 13.5 Å². The zero-order valence-corrected chi connectivity index (χ0v) is 16.7. The van der Waals surface area contributed by atoms with Gasteiger partial charge < -0.3 is 14.5 Å². The second kappa shape index (κ2) is 8.13. The molecular formula is C22H18Cl2N2O2. The number of aromatic amines is 1. The zero-order chi connectivity index (χ0) is 19.5. The molecule has 6 heteroatoms. The minimum atomic E-state index is 0.362. The van der Waals surface area contributed by atoms with Crippen LogP contribution in [0, 0.1) is 0 Å². The third kappa shape index (κ3) is 3.93. The molecule has 0 spiro atoms. The van der Waals surface area contributed by atoms with Gasteiger partial charge in [0.1, 0.15) is 12.4 Å². The largest absolute Gasteiger partial charge is 0.490 e. The number of hydrogen-bond acceptors (Lipinski definition) is 3. The summed E-state index contributed by atoms with van der Waals surface area (Å²) in [5.41, 5.74) is 3.78. The lowest BCUT2D eigenvalue weighted by molar-refractivity contribution is 0.269. The molecule has 0 saturated carbocycles. The fourth-order valence-corrected chi connectivity index (χ4v) is 3.24. The van der Waals surface area contributed by atoms with Gasteiger partial charge in [0.05, 0.1) is 27.7 Å². The summed E-state index contributed by atoms with van der Waals surface area (Å²) in [5, 5.41) is 1.03. The molecule has 0 saturated heterocycles. The van der Waals surface area contributed by atoms with Crippen LogP contribution in [0.25, 0.3) is 22.4 Å². The summed E-state index contributed by atoms with van der Waals surface area (Å²) >= 11 is 12.0. The van der Waals surface area contributed by atoms with Crippen LogP contribution < -0.4 is 9.47 Å². The second-order valence-electron chi connectivity index (χ2n) is 6.23. The summed E-state index contributed by atoms with van der Waals surface area (Å²) in [6.45, 7) is 2.84. The van der Waals surface area contributed by atoms with Crippen molar-refractivity contribution in [1.82, 2.24) is 9.97 Å². The number of imidazole rings is 1. The van der Waals surface area contributed by atoms with Crippen molar-refractivity contribution in [3.63, 3.8) is 0 Å². The molecule has 0 aliphatic rings. The molecule has 0 amide bonds. The van der Waals surface area contributed by atoms with E-state index in [4.69, 9.17) is 32.7 Å². The van der Waals surface area contributed by atoms with Crippen LogP contribution in [0.4, 0.5) is 0 Å². The maximum absolute atomic E-state index is 6.08. The van der Waals surface area contributed by atoms with Crippen LogP contribution in [0.5, 0.6) is 11.5 Å². The molecule has 28 heavy (non-hydrogen) atoms. The van der Waals surface area contributed by atoms with Gasteiger partial charge in [-0.25, -0.2) is 4.98 Å². The van der Waals surface area contributed by atoms with Crippen molar-refractivity contribution < 1.29 is 9.47 Å². The summed E-state index contributed by atoms with van der Waals surface area (Å²) in [6, 6.07) is 19.2. The van der Waals surface area contributed by atoms with Gasteiger partial charge in [-0.15, -0.1) is 0 Å². The molecule has 4 aromatic rings. The number of benzene rings is 3. The van der Waals surface area contributed by atoms with Crippen LogP contribution in [-0.4, -0.2) is 16.6 Å². The maximum atomic E-state index is 6.08. The van der Waals surface area contributed by atoms with Gasteiger partial charge in [0, 0.05) is 5.56 Å². The van der Waals surface area contributed by atoms with E-state index in [1.54, 1.807) is 12.1 Å². The number of ether oxygens (including phenoxy) is 2. The van der Waals surface area contributed by atoms with Crippen molar-refractivity contribution in [3.05, 3.63) is 76.3 Å². The number of para-hydroxylation sites is 2. The van der Waals surface area contributed by atoms with E-state index in [0.29, 0.717) is 34.8 Å². The third-order valence-corrected chi connectivity index (χ3v) is 5.02. The van der Waals surface area contributed by atoms with Crippen LogP contribution in [0.2, 0.25) is 10.0 Å². The molecule has 0 radical (unpaired) electrons. The Bertz CT molecular complexity index is 1090. The van der Waals surface area contributed by atoms with E-state index in [0.717, 1.165) is 28.0 Å². The Labute approximate surface area is 173 Å². The fourth-order valence-electron chi connectivity index (χ4n) is 2.92. The lowest BCUT2D eigenvalue weighted by Gasteiger charge is -2.13. The molecule has 0 atom stereocenters. The van der Waals surface area contributed by atoms with Crippen LogP contribution >= 0.6 is 23.2 Å². The SMILES string of the molecule is CCOc1cc(-c2nc3ccccc3[nH]2)ccc1OCc1ccc(Cl)c(Cl)c1. The monoisotopic (exact) mass is 412 g/mol. The summed E-state index contributed by atoms with van der Waals surface area (Å²) in [4.78, 5) is 7.98. The van der Waals surface area contributed by atoms with Crippen molar-refractivity contribution in [1.29, 1.82) is 0 Å². The quantitative estimate of drug-likeness (QED) is 0.392. The Balaban J connectivity index is 1.60. The minimum absolute atomic E-state index is 0.362. The van der Waals surface area contributed by atoms with Gasteiger partial charge in [-0.1, -0.05) is 41.4 Å². The first-order valence-corrected chi connectivity index (χ1v) is 9.68. The Morgan fingerprint density at radius 2 is 1.75 bits per heavy atom. The number of H-pyrrole nitrogens is 1. The van der Waals surface area contributed by atoms with E-state index in [2.05, 4.69) is 9.97 Å². The van der Waals surface area contributed by atoms with Gasteiger partial charge in [-0.3, -0.25) is 0 Å². The Morgan fingerprint density at radius 3 is 2.54 bits per heavy atom. The third-order valence-electron chi connectivity index (χ3n) is 4.28. The summed E-state index contributed by atoms with van der Waals surface area (Å²) in [7, 11) is 0. The molecule has 4 nitrogen and oxygen atoms in total. The van der Waals surface area contributed by atoms with E-state index in [9.17, 15) is 0 Å². The maximum Gasteiger partial charge on any atom is 0.161 e. The highest BCUT2D eigenvalue weighted by atomic mass is 35.5. The summed E-state index contributed by atoms with van der Waals surface area (Å²) in [5.74, 6) is 2.12. The van der Waals surface area contributed by atoms with Crippen molar-refractivity contribution in [2.75, 3.05) is 6.61 Å². The first kappa shape index (κ1) is 18.7. The molecule has 1 heterocycles. The van der Waals surface area contributed by atoms with Gasteiger partial charge in [-0.2, -0.15) is 0 Å². The molecule has 4 rings (SSSR count). The van der Waals surface area contributed by atoms with E-state index in [1.807, 2.05) is 55.5 Å². The molecule has 0 unspecified atom stereocenters. The van der Waals surface area contributed by atoms with E-state index in [1.165, 1.54) is 0 Å². The van der Waals surface area contributed by atoms with Crippen molar-refractivity contribution >= 4 is 34.2 Å². The number of hydrogen-bond donors (Lipinski definition) is 1. The van der Waals surface area contributed by atoms with E-state index < -0.39 is 0 Å². The number of rotatable bonds is 6. The molecule has 3 aromatic carbocycles. The van der Waals surface area contributed by atoms with Crippen molar-refractivity contribution in [3.8, 4) is 22.9 Å². The second-order valence-corrected chi connectivity index (χ2v) is 7.05. The number of fused-ring (bicyclic) bond motifs is 1. The molecule has 1 N–H and O–H groups in total. The molecule has 0 fully saturated rings. The van der Waals surface area contributed by atoms with Gasteiger partial charge in [0.2, 0.25) is 0 Å². The first-order chi connectivity index (χ1) is 13.6. The fraction of sp³-hybridized carbons (Fsp3) is 0.136. The van der Waals surface area contributed by atoms with Gasteiger partial charge in [0.25, 0.3) is 0 Å². The zero-order valence-electron chi connectivity index (χ0n) is 15.2. The predicted octanol–water partition coefficient (Wildman–Crippen LogP) is 6.51. The van der Waals surface area contributed by atoms with Gasteiger partial charge in [0.15, 0.2) is 11.5 Å². The number of nitrogens with zero attached hydrogens (tertiary/aromatic N) is 1. The number of nitrogens with one attached hydrogen (secondary N) is 1. The average Bonchev–Trinajstić information content (AvgIpc) is 3.14. The van der Waals surface area contributed by atoms with Crippen LogP contribution in [0.1, 0.15) is 12.5 Å². The minimum Gasteiger partial charge on any atom is -0.490 e. The number of halogens is 2. The molecule has 0 bridgehead atoms. The highest BCUT2D eigenvalue weighted by Crippen LogP contribution is 2.33. The molecule has 0 aliphatic heterocycles. The van der Waals surface area contributed by atoms with Crippen LogP contribution in [0.3, 0.4) is 0 Å². The van der Waals surface area contributed by atoms with Crippen LogP contribution in [0.15, 0.2) is 60.7 Å². The van der Waals surface area contributed by atoms with Gasteiger partial charge in [-0.05, 0) is 55.0 Å². The molecule has 0 aliphatic carbocycles. The van der Waals surface area contributed by atoms with Crippen molar-refractivity contribution in [2.24, 2.45) is 0 Å². The standard InChI is InChI=1S/C22H18Cl2N2O2/c1-2-27-21-12-15(22-25-18-5-3-4-6-19(18)26-22)8-10-20(21)28-13-14-7-9-16(23)17(24)11-14/h3-12H,2,13H2,1H3,(H,25,26). The van der Waals surface area contributed by atoms with E-state index in [-0.39, 0.29) is 0 Å². The lowest BCUT2D eigenvalue weighted by Crippen LogP contribution is -2.00. The normalized spacial score (nSPS) is 11.0. The highest BCUT2D eigenvalue weighted by molar-refractivity contribution is 6.42. The molecule has 1 aromatic heterocycles. The van der Waals surface area contributed by atoms with Gasteiger partial charge >= 0.3 is 0 Å². The molecule has 142 valence electrons. The Kier molecular flexibility index (Phi) is 5.42. The number of aromatic nitrogens is 2. The highest BCUT2D eigenvalue weighted by Gasteiger charge is 2.11. The predicted molar refractivity (Wildman–Crippen MR) is 113 cm³/mol. The van der Waals surface area contributed by atoms with E-state index >= 15 is 0 Å². The smallest absolute Gasteiger partial charge is 0.161 e.